The maximum atomic E-state index is 3.77. The van der Waals surface area contributed by atoms with Gasteiger partial charge in [0.15, 0.2) is 0 Å². The third-order valence-corrected chi connectivity index (χ3v) is 5.29. The van der Waals surface area contributed by atoms with Crippen LogP contribution in [0.1, 0.15) is 46.0 Å². The van der Waals surface area contributed by atoms with Crippen LogP contribution in [0, 0.1) is 11.8 Å². The molecule has 1 saturated carbocycles. The molecule has 1 heterocycles. The molecule has 1 aromatic rings. The quantitative estimate of drug-likeness (QED) is 0.870. The predicted molar refractivity (Wildman–Crippen MR) is 87.5 cm³/mol. The van der Waals surface area contributed by atoms with Gasteiger partial charge in [-0.1, -0.05) is 19.9 Å². The second-order valence-corrected chi connectivity index (χ2v) is 6.85. The Balaban J connectivity index is 1.64. The van der Waals surface area contributed by atoms with Gasteiger partial charge in [0.25, 0.3) is 0 Å². The summed E-state index contributed by atoms with van der Waals surface area (Å²) in [5.41, 5.74) is 2.70. The molecule has 110 valence electrons. The van der Waals surface area contributed by atoms with Gasteiger partial charge in [-0.25, -0.2) is 0 Å². The van der Waals surface area contributed by atoms with Crippen LogP contribution in [-0.4, -0.2) is 19.1 Å². The summed E-state index contributed by atoms with van der Waals surface area (Å²) in [6.07, 6.45) is 6.69. The molecule has 0 spiro atoms. The van der Waals surface area contributed by atoms with E-state index in [4.69, 9.17) is 0 Å². The maximum Gasteiger partial charge on any atom is 0.0386 e. The molecule has 3 unspecified atom stereocenters. The van der Waals surface area contributed by atoms with Gasteiger partial charge in [-0.15, -0.1) is 0 Å². The fourth-order valence-electron chi connectivity index (χ4n) is 3.68. The number of hydrogen-bond donors (Lipinski definition) is 1. The Morgan fingerprint density at radius 3 is 2.60 bits per heavy atom. The lowest BCUT2D eigenvalue weighted by molar-refractivity contribution is 0.261. The van der Waals surface area contributed by atoms with E-state index < -0.39 is 0 Å². The van der Waals surface area contributed by atoms with Crippen LogP contribution in [0.2, 0.25) is 0 Å². The van der Waals surface area contributed by atoms with Gasteiger partial charge in [0.2, 0.25) is 0 Å². The van der Waals surface area contributed by atoms with Gasteiger partial charge in [-0.3, -0.25) is 0 Å². The first-order chi connectivity index (χ1) is 9.72. The van der Waals surface area contributed by atoms with E-state index in [1.54, 1.807) is 0 Å². The summed E-state index contributed by atoms with van der Waals surface area (Å²) in [6, 6.07) is 9.68. The normalized spacial score (nSPS) is 30.5. The van der Waals surface area contributed by atoms with E-state index in [9.17, 15) is 0 Å². The first-order valence-corrected chi connectivity index (χ1v) is 8.34. The van der Waals surface area contributed by atoms with E-state index in [1.807, 2.05) is 0 Å². The molecule has 0 aromatic heterocycles. The van der Waals surface area contributed by atoms with Crippen LogP contribution in [0.25, 0.3) is 0 Å². The van der Waals surface area contributed by atoms with E-state index >= 15 is 0 Å². The molecule has 2 heteroatoms. The van der Waals surface area contributed by atoms with E-state index in [0.717, 1.165) is 11.8 Å². The van der Waals surface area contributed by atoms with Crippen molar-refractivity contribution in [3.05, 3.63) is 24.3 Å². The molecule has 0 amide bonds. The molecule has 1 aliphatic carbocycles. The van der Waals surface area contributed by atoms with Crippen molar-refractivity contribution in [2.75, 3.05) is 23.3 Å². The zero-order chi connectivity index (χ0) is 13.9. The van der Waals surface area contributed by atoms with E-state index in [-0.39, 0.29) is 0 Å². The predicted octanol–water partition coefficient (Wildman–Crippen LogP) is 4.52. The number of nitrogens with one attached hydrogen (secondary N) is 1. The van der Waals surface area contributed by atoms with Crippen molar-refractivity contribution in [1.82, 2.24) is 0 Å². The Morgan fingerprint density at radius 2 is 1.85 bits per heavy atom. The molecule has 0 radical (unpaired) electrons. The second-order valence-electron chi connectivity index (χ2n) is 6.85. The molecule has 3 atom stereocenters. The van der Waals surface area contributed by atoms with E-state index in [0.29, 0.717) is 6.04 Å². The molecular formula is C18H28N2. The van der Waals surface area contributed by atoms with Crippen molar-refractivity contribution in [2.45, 2.75) is 52.0 Å². The standard InChI is InChI=1S/C18H28N2/c1-14-8-9-17(12-15(14)2)19-16-6-5-7-18(13-16)20-10-3-4-11-20/h5-7,13-15,17,19H,3-4,8-12H2,1-2H3. The summed E-state index contributed by atoms with van der Waals surface area (Å²) < 4.78 is 0. The number of anilines is 2. The van der Waals surface area contributed by atoms with Crippen LogP contribution < -0.4 is 10.2 Å². The number of hydrogen-bond acceptors (Lipinski definition) is 2. The Morgan fingerprint density at radius 1 is 1.05 bits per heavy atom. The van der Waals surface area contributed by atoms with Crippen molar-refractivity contribution < 1.29 is 0 Å². The highest BCUT2D eigenvalue weighted by atomic mass is 15.1. The third-order valence-electron chi connectivity index (χ3n) is 5.29. The van der Waals surface area contributed by atoms with E-state index in [1.165, 1.54) is 56.6 Å². The first kappa shape index (κ1) is 13.8. The number of nitrogens with zero attached hydrogens (tertiary/aromatic N) is 1. The highest BCUT2D eigenvalue weighted by Gasteiger charge is 2.24. The van der Waals surface area contributed by atoms with Crippen LogP contribution in [0.5, 0.6) is 0 Å². The summed E-state index contributed by atoms with van der Waals surface area (Å²) in [6.45, 7) is 7.25. The summed E-state index contributed by atoms with van der Waals surface area (Å²) in [5.74, 6) is 1.74. The van der Waals surface area contributed by atoms with Crippen molar-refractivity contribution in [3.63, 3.8) is 0 Å². The molecule has 1 aliphatic heterocycles. The highest BCUT2D eigenvalue weighted by Crippen LogP contribution is 2.32. The molecule has 20 heavy (non-hydrogen) atoms. The van der Waals surface area contributed by atoms with Crippen LogP contribution >= 0.6 is 0 Å². The largest absolute Gasteiger partial charge is 0.382 e. The Labute approximate surface area is 123 Å². The number of benzene rings is 1. The van der Waals surface area contributed by atoms with Gasteiger partial charge in [-0.05, 0) is 62.1 Å². The fraction of sp³-hybridized carbons (Fsp3) is 0.667. The molecule has 3 rings (SSSR count). The van der Waals surface area contributed by atoms with Crippen LogP contribution in [-0.2, 0) is 0 Å². The van der Waals surface area contributed by atoms with Crippen molar-refractivity contribution in [1.29, 1.82) is 0 Å². The minimum absolute atomic E-state index is 0.662. The Kier molecular flexibility index (Phi) is 4.18. The summed E-state index contributed by atoms with van der Waals surface area (Å²) in [7, 11) is 0. The topological polar surface area (TPSA) is 15.3 Å². The van der Waals surface area contributed by atoms with Crippen molar-refractivity contribution >= 4 is 11.4 Å². The zero-order valence-corrected chi connectivity index (χ0v) is 12.9. The van der Waals surface area contributed by atoms with Crippen LogP contribution in [0.15, 0.2) is 24.3 Å². The third kappa shape index (κ3) is 3.11. The van der Waals surface area contributed by atoms with Crippen molar-refractivity contribution in [2.24, 2.45) is 11.8 Å². The summed E-state index contributed by atoms with van der Waals surface area (Å²) >= 11 is 0. The molecule has 2 aliphatic rings. The van der Waals surface area contributed by atoms with Crippen molar-refractivity contribution in [3.8, 4) is 0 Å². The molecule has 1 aromatic carbocycles. The van der Waals surface area contributed by atoms with Gasteiger partial charge in [0.1, 0.15) is 0 Å². The van der Waals surface area contributed by atoms with Gasteiger partial charge >= 0.3 is 0 Å². The fourth-order valence-corrected chi connectivity index (χ4v) is 3.68. The smallest absolute Gasteiger partial charge is 0.0386 e. The van der Waals surface area contributed by atoms with Gasteiger partial charge in [0.05, 0.1) is 0 Å². The average molecular weight is 272 g/mol. The van der Waals surface area contributed by atoms with Gasteiger partial charge in [-0.2, -0.15) is 0 Å². The molecular weight excluding hydrogens is 244 g/mol. The monoisotopic (exact) mass is 272 g/mol. The van der Waals surface area contributed by atoms with Crippen LogP contribution in [0.4, 0.5) is 11.4 Å². The second kappa shape index (κ2) is 6.07. The minimum atomic E-state index is 0.662. The highest BCUT2D eigenvalue weighted by molar-refractivity contribution is 5.58. The average Bonchev–Trinajstić information content (AvgIpc) is 2.97. The summed E-state index contributed by atoms with van der Waals surface area (Å²) in [5, 5.41) is 3.77. The molecule has 2 fully saturated rings. The Bertz CT molecular complexity index is 437. The maximum absolute atomic E-state index is 3.77. The van der Waals surface area contributed by atoms with Gasteiger partial charge in [0, 0.05) is 30.5 Å². The molecule has 1 N–H and O–H groups in total. The number of rotatable bonds is 3. The lowest BCUT2D eigenvalue weighted by Crippen LogP contribution is -2.30. The zero-order valence-electron chi connectivity index (χ0n) is 12.9. The van der Waals surface area contributed by atoms with Crippen LogP contribution in [0.3, 0.4) is 0 Å². The summed E-state index contributed by atoms with van der Waals surface area (Å²) in [4.78, 5) is 2.51. The molecule has 0 bridgehead atoms. The first-order valence-electron chi connectivity index (χ1n) is 8.34. The molecule has 2 nitrogen and oxygen atoms in total. The van der Waals surface area contributed by atoms with E-state index in [2.05, 4.69) is 48.3 Å². The SMILES string of the molecule is CC1CCC(Nc2cccc(N3CCCC3)c2)CC1C. The van der Waals surface area contributed by atoms with Gasteiger partial charge < -0.3 is 10.2 Å². The molecule has 1 saturated heterocycles. The Hall–Kier alpha value is -1.18. The lowest BCUT2D eigenvalue weighted by atomic mass is 9.79. The minimum Gasteiger partial charge on any atom is -0.382 e. The lowest BCUT2D eigenvalue weighted by Gasteiger charge is -2.33.